The average Bonchev–Trinajstić information content (AvgIpc) is 2.83. The second-order valence-corrected chi connectivity index (χ2v) is 7.10. The van der Waals surface area contributed by atoms with Crippen LogP contribution in [0.2, 0.25) is 0 Å². The monoisotopic (exact) mass is 367 g/mol. The number of amides is 1. The summed E-state index contributed by atoms with van der Waals surface area (Å²) in [4.78, 5) is 23.3. The molecule has 1 amide bonds. The number of rotatable bonds is 7. The molecule has 7 heteroatoms. The molecule has 6 nitrogen and oxygen atoms in total. The summed E-state index contributed by atoms with van der Waals surface area (Å²) in [5, 5.41) is 3.04. The van der Waals surface area contributed by atoms with Gasteiger partial charge in [0.25, 0.3) is 0 Å². The van der Waals surface area contributed by atoms with E-state index in [2.05, 4.69) is 23.9 Å². The Morgan fingerprint density at radius 1 is 1.20 bits per heavy atom. The Hall–Kier alpha value is -1.89. The lowest BCUT2D eigenvalue weighted by molar-refractivity contribution is -0.137. The number of hydrogen-bond acceptors (Lipinski definition) is 6. The Morgan fingerprint density at radius 3 is 2.60 bits per heavy atom. The number of hydrogen-bond donors (Lipinski definition) is 1. The highest BCUT2D eigenvalue weighted by atomic mass is 32.2. The highest BCUT2D eigenvalue weighted by Gasteiger charge is 2.21. The molecule has 138 valence electrons. The summed E-state index contributed by atoms with van der Waals surface area (Å²) in [6.07, 6.45) is 0.853. The van der Waals surface area contributed by atoms with Crippen LogP contribution in [0.5, 0.6) is 11.5 Å². The molecule has 0 saturated carbocycles. The summed E-state index contributed by atoms with van der Waals surface area (Å²) in [5.41, 5.74) is 0.977. The fraction of sp³-hybridized carbons (Fsp3) is 0.556. The van der Waals surface area contributed by atoms with E-state index in [0.29, 0.717) is 13.2 Å². The lowest BCUT2D eigenvalue weighted by Crippen LogP contribution is -2.33. The van der Waals surface area contributed by atoms with E-state index in [4.69, 9.17) is 9.47 Å². The van der Waals surface area contributed by atoms with E-state index in [0.717, 1.165) is 23.5 Å². The molecule has 25 heavy (non-hydrogen) atoms. The Balaban J connectivity index is 2.01. The zero-order valence-corrected chi connectivity index (χ0v) is 15.7. The zero-order valence-electron chi connectivity index (χ0n) is 14.9. The average molecular weight is 367 g/mol. The van der Waals surface area contributed by atoms with E-state index < -0.39 is 0 Å². The van der Waals surface area contributed by atoms with Crippen molar-refractivity contribution >= 4 is 23.6 Å². The summed E-state index contributed by atoms with van der Waals surface area (Å²) in [6, 6.07) is 5.65. The van der Waals surface area contributed by atoms with Gasteiger partial charge in [-0.25, -0.2) is 0 Å². The summed E-state index contributed by atoms with van der Waals surface area (Å²) in [5.74, 6) is 1.60. The predicted molar refractivity (Wildman–Crippen MR) is 97.1 cm³/mol. The Labute approximate surface area is 152 Å². The van der Waals surface area contributed by atoms with Crippen LogP contribution < -0.4 is 14.8 Å². The molecule has 0 saturated heterocycles. The van der Waals surface area contributed by atoms with Gasteiger partial charge in [-0.3, -0.25) is 9.59 Å². The first-order valence-electron chi connectivity index (χ1n) is 8.34. The van der Waals surface area contributed by atoms with Crippen molar-refractivity contribution in [2.75, 3.05) is 31.8 Å². The number of nitrogens with one attached hydrogen (secondary N) is 1. The molecule has 1 heterocycles. The fourth-order valence-electron chi connectivity index (χ4n) is 2.51. The van der Waals surface area contributed by atoms with Gasteiger partial charge in [0.05, 0.1) is 37.9 Å². The molecule has 1 aromatic carbocycles. The van der Waals surface area contributed by atoms with Crippen LogP contribution in [-0.4, -0.2) is 43.7 Å². The summed E-state index contributed by atoms with van der Waals surface area (Å²) < 4.78 is 16.0. The molecule has 1 aliphatic heterocycles. The van der Waals surface area contributed by atoms with Gasteiger partial charge in [0, 0.05) is 6.42 Å². The van der Waals surface area contributed by atoms with Gasteiger partial charge in [0.15, 0.2) is 11.5 Å². The van der Waals surface area contributed by atoms with Crippen molar-refractivity contribution in [3.8, 4) is 11.5 Å². The van der Waals surface area contributed by atoms with Crippen molar-refractivity contribution in [2.24, 2.45) is 5.92 Å². The second kappa shape index (κ2) is 9.56. The maximum atomic E-state index is 12.2. The minimum Gasteiger partial charge on any atom is -0.490 e. The Morgan fingerprint density at radius 2 is 1.92 bits per heavy atom. The molecule has 0 bridgehead atoms. The topological polar surface area (TPSA) is 73.9 Å². The molecule has 0 fully saturated rings. The van der Waals surface area contributed by atoms with E-state index in [-0.39, 0.29) is 35.3 Å². The quantitative estimate of drug-likeness (QED) is 0.747. The number of benzene rings is 1. The van der Waals surface area contributed by atoms with Crippen molar-refractivity contribution in [3.63, 3.8) is 0 Å². The third-order valence-electron chi connectivity index (χ3n) is 3.79. The van der Waals surface area contributed by atoms with Crippen LogP contribution >= 0.6 is 11.8 Å². The fourth-order valence-corrected chi connectivity index (χ4v) is 3.16. The van der Waals surface area contributed by atoms with Gasteiger partial charge < -0.3 is 19.5 Å². The SMILES string of the molecule is COC(=O)CSCC(=O)NC(c1ccc2c(c1)OCCCO2)C(C)C. The lowest BCUT2D eigenvalue weighted by Gasteiger charge is -2.24. The van der Waals surface area contributed by atoms with E-state index in [1.165, 1.54) is 18.9 Å². The number of esters is 1. The van der Waals surface area contributed by atoms with Crippen molar-refractivity contribution in [2.45, 2.75) is 26.3 Å². The molecule has 2 rings (SSSR count). The standard InChI is InChI=1S/C18H25NO5S/c1-12(2)18(19-16(20)10-25-11-17(21)22-3)13-5-6-14-15(9-13)24-8-4-7-23-14/h5-6,9,12,18H,4,7-8,10-11H2,1-3H3,(H,19,20). The third-order valence-corrected chi connectivity index (χ3v) is 4.70. The number of methoxy groups -OCH3 is 1. The van der Waals surface area contributed by atoms with Crippen LogP contribution in [0.3, 0.4) is 0 Å². The highest BCUT2D eigenvalue weighted by molar-refractivity contribution is 8.00. The summed E-state index contributed by atoms with van der Waals surface area (Å²) >= 11 is 1.24. The van der Waals surface area contributed by atoms with Crippen LogP contribution in [-0.2, 0) is 14.3 Å². The van der Waals surface area contributed by atoms with Crippen LogP contribution in [0.4, 0.5) is 0 Å². The van der Waals surface area contributed by atoms with Crippen molar-refractivity contribution in [1.29, 1.82) is 0 Å². The van der Waals surface area contributed by atoms with Gasteiger partial charge in [0.1, 0.15) is 0 Å². The summed E-state index contributed by atoms with van der Waals surface area (Å²) in [6.45, 7) is 5.37. The van der Waals surface area contributed by atoms with Gasteiger partial charge in [0.2, 0.25) is 5.91 Å². The number of fused-ring (bicyclic) bond motifs is 1. The second-order valence-electron chi connectivity index (χ2n) is 6.11. The first-order valence-corrected chi connectivity index (χ1v) is 9.50. The molecule has 1 aliphatic rings. The summed E-state index contributed by atoms with van der Waals surface area (Å²) in [7, 11) is 1.34. The molecule has 1 unspecified atom stereocenters. The van der Waals surface area contributed by atoms with Gasteiger partial charge in [-0.05, 0) is 23.6 Å². The van der Waals surface area contributed by atoms with Crippen molar-refractivity contribution < 1.29 is 23.8 Å². The third kappa shape index (κ3) is 5.85. The van der Waals surface area contributed by atoms with E-state index >= 15 is 0 Å². The van der Waals surface area contributed by atoms with Gasteiger partial charge in [-0.1, -0.05) is 19.9 Å². The number of carbonyl (C=O) groups is 2. The van der Waals surface area contributed by atoms with Gasteiger partial charge >= 0.3 is 5.97 Å². The van der Waals surface area contributed by atoms with E-state index in [9.17, 15) is 9.59 Å². The van der Waals surface area contributed by atoms with Crippen LogP contribution in [0, 0.1) is 5.92 Å². The normalized spacial score (nSPS) is 14.6. The highest BCUT2D eigenvalue weighted by Crippen LogP contribution is 2.34. The minimum absolute atomic E-state index is 0.111. The Bertz CT molecular complexity index is 605. The lowest BCUT2D eigenvalue weighted by atomic mass is 9.95. The zero-order chi connectivity index (χ0) is 18.2. The number of thioether (sulfide) groups is 1. The van der Waals surface area contributed by atoms with Gasteiger partial charge in [-0.15, -0.1) is 11.8 Å². The number of ether oxygens (including phenoxy) is 3. The number of carbonyl (C=O) groups excluding carboxylic acids is 2. The van der Waals surface area contributed by atoms with Crippen molar-refractivity contribution in [3.05, 3.63) is 23.8 Å². The minimum atomic E-state index is -0.332. The first kappa shape index (κ1) is 19.4. The largest absolute Gasteiger partial charge is 0.490 e. The first-order chi connectivity index (χ1) is 12.0. The van der Waals surface area contributed by atoms with E-state index in [1.54, 1.807) is 0 Å². The molecule has 1 aromatic rings. The van der Waals surface area contributed by atoms with Gasteiger partial charge in [-0.2, -0.15) is 0 Å². The Kier molecular flexibility index (Phi) is 7.43. The maximum Gasteiger partial charge on any atom is 0.315 e. The predicted octanol–water partition coefficient (Wildman–Crippen LogP) is 2.57. The molecule has 0 aliphatic carbocycles. The molecule has 1 atom stereocenters. The maximum absolute atomic E-state index is 12.2. The van der Waals surface area contributed by atoms with E-state index in [1.807, 2.05) is 18.2 Å². The van der Waals surface area contributed by atoms with Crippen LogP contribution in [0.15, 0.2) is 18.2 Å². The smallest absolute Gasteiger partial charge is 0.315 e. The molecule has 0 spiro atoms. The molecule has 0 aromatic heterocycles. The van der Waals surface area contributed by atoms with Crippen molar-refractivity contribution in [1.82, 2.24) is 5.32 Å². The molecular formula is C18H25NO5S. The molecule has 0 radical (unpaired) electrons. The molecule has 1 N–H and O–H groups in total. The van der Waals surface area contributed by atoms with Crippen LogP contribution in [0.1, 0.15) is 31.9 Å². The molecular weight excluding hydrogens is 342 g/mol. The van der Waals surface area contributed by atoms with Crippen LogP contribution in [0.25, 0.3) is 0 Å².